The van der Waals surface area contributed by atoms with Crippen LogP contribution in [0.4, 0.5) is 4.79 Å². The van der Waals surface area contributed by atoms with Gasteiger partial charge in [-0.05, 0) is 25.3 Å². The number of carbonyl (C=O) groups excluding carboxylic acids is 2. The number of benzene rings is 1. The predicted octanol–water partition coefficient (Wildman–Crippen LogP) is 1.31. The largest absolute Gasteiger partial charge is 0.493 e. The molecule has 1 saturated heterocycles. The van der Waals surface area contributed by atoms with Gasteiger partial charge in [0.1, 0.15) is 6.61 Å². The van der Waals surface area contributed by atoms with Crippen molar-refractivity contribution < 1.29 is 19.1 Å². The van der Waals surface area contributed by atoms with E-state index in [2.05, 4.69) is 10.6 Å². The van der Waals surface area contributed by atoms with Crippen LogP contribution in [0.1, 0.15) is 25.3 Å². The predicted molar refractivity (Wildman–Crippen MR) is 92.9 cm³/mol. The van der Waals surface area contributed by atoms with Gasteiger partial charge in [0, 0.05) is 31.6 Å². The van der Waals surface area contributed by atoms with Gasteiger partial charge in [0.05, 0.1) is 13.2 Å². The maximum atomic E-state index is 12.5. The number of hydrogen-bond donors (Lipinski definition) is 2. The molecular weight excluding hydrogens is 322 g/mol. The fourth-order valence-corrected chi connectivity index (χ4v) is 3.43. The van der Waals surface area contributed by atoms with Crippen molar-refractivity contribution in [2.75, 3.05) is 26.8 Å². The van der Waals surface area contributed by atoms with Crippen molar-refractivity contribution in [3.8, 4) is 11.5 Å². The van der Waals surface area contributed by atoms with E-state index in [1.54, 1.807) is 12.0 Å². The molecule has 25 heavy (non-hydrogen) atoms. The van der Waals surface area contributed by atoms with Crippen LogP contribution in [0.3, 0.4) is 0 Å². The summed E-state index contributed by atoms with van der Waals surface area (Å²) < 4.78 is 11.1. The lowest BCUT2D eigenvalue weighted by molar-refractivity contribution is -0.119. The zero-order chi connectivity index (χ0) is 17.8. The molecule has 7 heteroatoms. The molecule has 0 spiro atoms. The summed E-state index contributed by atoms with van der Waals surface area (Å²) in [5.41, 5.74) is 1.04. The van der Waals surface area contributed by atoms with E-state index in [-0.39, 0.29) is 24.0 Å². The zero-order valence-electron chi connectivity index (χ0n) is 14.7. The Morgan fingerprint density at radius 3 is 2.64 bits per heavy atom. The normalized spacial score (nSPS) is 20.2. The van der Waals surface area contributed by atoms with E-state index in [0.717, 1.165) is 36.3 Å². The van der Waals surface area contributed by atoms with Gasteiger partial charge < -0.3 is 25.0 Å². The number of hydrogen-bond acceptors (Lipinski definition) is 4. The minimum atomic E-state index is -0.0683. The Hall–Kier alpha value is -2.44. The third kappa shape index (κ3) is 4.15. The number of amides is 3. The van der Waals surface area contributed by atoms with E-state index in [1.165, 1.54) is 6.92 Å². The summed E-state index contributed by atoms with van der Waals surface area (Å²) in [4.78, 5) is 25.4. The van der Waals surface area contributed by atoms with E-state index in [1.807, 2.05) is 18.2 Å². The maximum absolute atomic E-state index is 12.5. The monoisotopic (exact) mass is 347 g/mol. The molecule has 2 heterocycles. The molecule has 3 amide bonds. The summed E-state index contributed by atoms with van der Waals surface area (Å²) in [6, 6.07) is 5.84. The zero-order valence-corrected chi connectivity index (χ0v) is 14.7. The number of fused-ring (bicyclic) bond motifs is 1. The Bertz CT molecular complexity index is 641. The van der Waals surface area contributed by atoms with Crippen molar-refractivity contribution in [3.05, 3.63) is 23.8 Å². The Kier molecular flexibility index (Phi) is 5.31. The van der Waals surface area contributed by atoms with Crippen LogP contribution in [0.5, 0.6) is 11.5 Å². The summed E-state index contributed by atoms with van der Waals surface area (Å²) in [6.07, 6.45) is 2.29. The molecule has 0 bridgehead atoms. The van der Waals surface area contributed by atoms with Gasteiger partial charge in [0.15, 0.2) is 11.5 Å². The van der Waals surface area contributed by atoms with E-state index in [9.17, 15) is 9.59 Å². The number of carbonyl (C=O) groups is 2. The molecule has 1 fully saturated rings. The number of nitrogens with zero attached hydrogens (tertiary/aromatic N) is 1. The van der Waals surface area contributed by atoms with Gasteiger partial charge in [-0.25, -0.2) is 4.79 Å². The number of rotatable bonds is 3. The molecule has 0 saturated carbocycles. The molecule has 136 valence electrons. The highest BCUT2D eigenvalue weighted by Gasteiger charge is 2.27. The number of likely N-dealkylation sites (tertiary alicyclic amines) is 1. The Labute approximate surface area is 147 Å². The van der Waals surface area contributed by atoms with E-state index in [0.29, 0.717) is 19.7 Å². The highest BCUT2D eigenvalue weighted by Crippen LogP contribution is 2.34. The van der Waals surface area contributed by atoms with Crippen molar-refractivity contribution in [1.82, 2.24) is 15.5 Å². The molecule has 0 radical (unpaired) electrons. The summed E-state index contributed by atoms with van der Waals surface area (Å²) in [6.45, 7) is 3.25. The average molecular weight is 347 g/mol. The van der Waals surface area contributed by atoms with Gasteiger partial charge in [-0.2, -0.15) is 0 Å². The van der Waals surface area contributed by atoms with Crippen LogP contribution in [0.15, 0.2) is 18.2 Å². The van der Waals surface area contributed by atoms with Gasteiger partial charge in [0.2, 0.25) is 5.91 Å². The lowest BCUT2D eigenvalue weighted by atomic mass is 10.0. The summed E-state index contributed by atoms with van der Waals surface area (Å²) >= 11 is 0. The fourth-order valence-electron chi connectivity index (χ4n) is 3.43. The number of nitrogens with one attached hydrogen (secondary N) is 2. The third-order valence-electron chi connectivity index (χ3n) is 4.69. The second kappa shape index (κ2) is 7.63. The first-order valence-corrected chi connectivity index (χ1v) is 8.68. The third-order valence-corrected chi connectivity index (χ3v) is 4.69. The van der Waals surface area contributed by atoms with Crippen LogP contribution in [0.2, 0.25) is 0 Å². The van der Waals surface area contributed by atoms with Gasteiger partial charge in [-0.1, -0.05) is 12.1 Å². The molecule has 1 aromatic rings. The van der Waals surface area contributed by atoms with Crippen molar-refractivity contribution in [2.24, 2.45) is 0 Å². The lowest BCUT2D eigenvalue weighted by Gasteiger charge is -2.34. The van der Waals surface area contributed by atoms with Crippen molar-refractivity contribution in [2.45, 2.75) is 38.3 Å². The van der Waals surface area contributed by atoms with Crippen molar-refractivity contribution >= 4 is 11.9 Å². The number of ether oxygens (including phenoxy) is 2. The van der Waals surface area contributed by atoms with E-state index < -0.39 is 0 Å². The van der Waals surface area contributed by atoms with Gasteiger partial charge in [-0.15, -0.1) is 0 Å². The molecule has 0 aliphatic carbocycles. The van der Waals surface area contributed by atoms with Gasteiger partial charge in [0.25, 0.3) is 0 Å². The number of urea groups is 1. The smallest absolute Gasteiger partial charge is 0.317 e. The highest BCUT2D eigenvalue weighted by atomic mass is 16.5. The summed E-state index contributed by atoms with van der Waals surface area (Å²) in [5.74, 6) is 1.48. The molecule has 7 nitrogen and oxygen atoms in total. The van der Waals surface area contributed by atoms with Crippen molar-refractivity contribution in [1.29, 1.82) is 0 Å². The summed E-state index contributed by atoms with van der Waals surface area (Å²) in [5, 5.41) is 5.97. The SMILES string of the molecule is COc1cccc2c1OC[C@H](NC(=O)N1CCC(NC(C)=O)CC1)C2. The standard InChI is InChI=1S/C18H25N3O4/c1-12(22)19-14-6-8-21(9-7-14)18(23)20-15-10-13-4-3-5-16(24-2)17(13)25-11-15/h3-5,14-15H,6-11H2,1-2H3,(H,19,22)(H,20,23)/t15-/m1/s1. The van der Waals surface area contributed by atoms with Gasteiger partial charge >= 0.3 is 6.03 Å². The highest BCUT2D eigenvalue weighted by molar-refractivity contribution is 5.75. The topological polar surface area (TPSA) is 79.9 Å². The van der Waals surface area contributed by atoms with Crippen LogP contribution in [0.25, 0.3) is 0 Å². The molecule has 2 aliphatic rings. The molecule has 3 rings (SSSR count). The van der Waals surface area contributed by atoms with Gasteiger partial charge in [-0.3, -0.25) is 4.79 Å². The molecule has 1 aromatic carbocycles. The molecule has 0 unspecified atom stereocenters. The average Bonchev–Trinajstić information content (AvgIpc) is 2.61. The van der Waals surface area contributed by atoms with E-state index in [4.69, 9.17) is 9.47 Å². The fraction of sp³-hybridized carbons (Fsp3) is 0.556. The number of piperidine rings is 1. The molecule has 0 aromatic heterocycles. The first-order chi connectivity index (χ1) is 12.1. The molecule has 1 atom stereocenters. The molecule has 2 N–H and O–H groups in total. The van der Waals surface area contributed by atoms with Crippen LogP contribution in [-0.2, 0) is 11.2 Å². The van der Waals surface area contributed by atoms with Crippen LogP contribution < -0.4 is 20.1 Å². The van der Waals surface area contributed by atoms with Crippen LogP contribution in [0, 0.1) is 0 Å². The first-order valence-electron chi connectivity index (χ1n) is 8.68. The Morgan fingerprint density at radius 2 is 1.96 bits per heavy atom. The first kappa shape index (κ1) is 17.4. The second-order valence-electron chi connectivity index (χ2n) is 6.57. The second-order valence-corrected chi connectivity index (χ2v) is 6.57. The van der Waals surface area contributed by atoms with E-state index >= 15 is 0 Å². The number of methoxy groups -OCH3 is 1. The maximum Gasteiger partial charge on any atom is 0.317 e. The molecule has 2 aliphatic heterocycles. The number of para-hydroxylation sites is 1. The van der Waals surface area contributed by atoms with Crippen molar-refractivity contribution in [3.63, 3.8) is 0 Å². The molecular formula is C18H25N3O4. The summed E-state index contributed by atoms with van der Waals surface area (Å²) in [7, 11) is 1.62. The van der Waals surface area contributed by atoms with Crippen LogP contribution in [-0.4, -0.2) is 55.7 Å². The lowest BCUT2D eigenvalue weighted by Crippen LogP contribution is -2.53. The minimum Gasteiger partial charge on any atom is -0.493 e. The minimum absolute atomic E-state index is 0.0173. The Morgan fingerprint density at radius 1 is 1.20 bits per heavy atom. The Balaban J connectivity index is 1.52. The quantitative estimate of drug-likeness (QED) is 0.864. The van der Waals surface area contributed by atoms with Crippen LogP contribution >= 0.6 is 0 Å².